The van der Waals surface area contributed by atoms with Gasteiger partial charge in [0.25, 0.3) is 6.43 Å². The smallest absolute Gasteiger partial charge is 0.361 e. The highest BCUT2D eigenvalue weighted by Crippen LogP contribution is 2.52. The average Bonchev–Trinajstić information content (AvgIpc) is 2.58. The molecule has 0 bridgehead atoms. The van der Waals surface area contributed by atoms with Gasteiger partial charge in [-0.25, -0.2) is 22.5 Å². The molecular formula is C10H11F4N3O5. The first-order valence-corrected chi connectivity index (χ1v) is 5.76. The number of nitrogen functional groups attached to an aromatic ring is 1. The molecule has 5 N–H and O–H groups in total. The fourth-order valence-electron chi connectivity index (χ4n) is 2.08. The highest BCUT2D eigenvalue weighted by Gasteiger charge is 2.78. The summed E-state index contributed by atoms with van der Waals surface area (Å²) in [6.45, 7) is -1.74. The molecule has 1 fully saturated rings. The van der Waals surface area contributed by atoms with E-state index in [4.69, 9.17) is 10.8 Å². The molecule has 1 aromatic rings. The van der Waals surface area contributed by atoms with Gasteiger partial charge in [-0.2, -0.15) is 9.37 Å². The maximum Gasteiger partial charge on any atom is 0.361 e. The van der Waals surface area contributed by atoms with Crippen molar-refractivity contribution in [1.82, 2.24) is 9.55 Å². The predicted molar refractivity (Wildman–Crippen MR) is 61.0 cm³/mol. The molecule has 0 aromatic carbocycles. The van der Waals surface area contributed by atoms with Crippen LogP contribution in [0.3, 0.4) is 0 Å². The number of hydrogen-bond acceptors (Lipinski definition) is 7. The summed E-state index contributed by atoms with van der Waals surface area (Å²) in [7, 11) is 0. The number of aromatic nitrogens is 2. The zero-order valence-corrected chi connectivity index (χ0v) is 10.7. The molecule has 4 atom stereocenters. The molecule has 8 nitrogen and oxygen atoms in total. The van der Waals surface area contributed by atoms with Gasteiger partial charge >= 0.3 is 17.5 Å². The molecule has 0 radical (unpaired) electrons. The van der Waals surface area contributed by atoms with E-state index in [1.54, 1.807) is 0 Å². The Hall–Kier alpha value is -1.76. The second kappa shape index (κ2) is 4.87. The van der Waals surface area contributed by atoms with Crippen LogP contribution in [0, 0.1) is 0 Å². The van der Waals surface area contributed by atoms with Crippen molar-refractivity contribution in [3.63, 3.8) is 0 Å². The molecule has 12 heteroatoms. The lowest BCUT2D eigenvalue weighted by Gasteiger charge is -2.29. The van der Waals surface area contributed by atoms with E-state index >= 15 is 0 Å². The number of ether oxygens (including phenoxy) is 1. The van der Waals surface area contributed by atoms with E-state index < -0.39 is 48.1 Å². The monoisotopic (exact) mass is 329 g/mol. The van der Waals surface area contributed by atoms with Crippen molar-refractivity contribution in [3.8, 4) is 0 Å². The number of nitrogens with zero attached hydrogens (tertiary/aromatic N) is 2. The molecule has 0 amide bonds. The van der Waals surface area contributed by atoms with Crippen LogP contribution in [0.4, 0.5) is 23.4 Å². The maximum absolute atomic E-state index is 14.7. The third-order valence-corrected chi connectivity index (χ3v) is 3.33. The topological polar surface area (TPSA) is 131 Å². The molecule has 1 aliphatic rings. The van der Waals surface area contributed by atoms with Crippen LogP contribution in [-0.4, -0.2) is 55.5 Å². The second-order valence-corrected chi connectivity index (χ2v) is 4.66. The van der Waals surface area contributed by atoms with Crippen molar-refractivity contribution in [2.75, 3.05) is 12.3 Å². The summed E-state index contributed by atoms with van der Waals surface area (Å²) >= 11 is 0. The SMILES string of the molecule is Nc1ccn([C@]2(F)O[C@@](CO)(C(F)F)[C@@H](O)[C@]2(O)F)c(=O)n1. The average molecular weight is 329 g/mol. The summed E-state index contributed by atoms with van der Waals surface area (Å²) in [6, 6.07) is 0.801. The van der Waals surface area contributed by atoms with Crippen molar-refractivity contribution < 1.29 is 37.6 Å². The van der Waals surface area contributed by atoms with Gasteiger partial charge in [-0.1, -0.05) is 0 Å². The highest BCUT2D eigenvalue weighted by molar-refractivity contribution is 5.24. The van der Waals surface area contributed by atoms with Crippen molar-refractivity contribution >= 4 is 5.82 Å². The first-order valence-electron chi connectivity index (χ1n) is 5.76. The minimum atomic E-state index is -4.48. The third kappa shape index (κ3) is 1.91. The number of hydrogen-bond donors (Lipinski definition) is 4. The Morgan fingerprint density at radius 3 is 2.50 bits per heavy atom. The van der Waals surface area contributed by atoms with Gasteiger partial charge in [0.2, 0.25) is 0 Å². The number of halogens is 4. The Bertz CT molecular complexity index is 641. The standard InChI is InChI=1S/C10H11F4N3O5/c11-6(12)8(3-18)5(19)9(13,21)10(14,22-8)17-2-1-4(15)16-7(17)20/h1-2,5-6,18-19,21H,3H2,(H2,15,16,20)/t5-,8-,9-,10+/m1/s1. The number of nitrogens with two attached hydrogens (primary N) is 1. The molecule has 22 heavy (non-hydrogen) atoms. The number of aliphatic hydroxyl groups is 3. The number of aliphatic hydroxyl groups excluding tert-OH is 2. The van der Waals surface area contributed by atoms with Gasteiger partial charge < -0.3 is 25.8 Å². The predicted octanol–water partition coefficient (Wildman–Crippen LogP) is -1.55. The molecule has 124 valence electrons. The molecule has 1 saturated heterocycles. The summed E-state index contributed by atoms with van der Waals surface area (Å²) in [6.07, 6.45) is -6.50. The van der Waals surface area contributed by atoms with E-state index in [1.807, 2.05) is 0 Å². The van der Waals surface area contributed by atoms with E-state index in [2.05, 4.69) is 9.72 Å². The molecule has 2 rings (SSSR count). The van der Waals surface area contributed by atoms with Crippen LogP contribution in [-0.2, 0) is 10.7 Å². The van der Waals surface area contributed by atoms with Crippen LogP contribution in [0.15, 0.2) is 17.1 Å². The fraction of sp³-hybridized carbons (Fsp3) is 0.600. The Morgan fingerprint density at radius 2 is 2.09 bits per heavy atom. The zero-order valence-electron chi connectivity index (χ0n) is 10.7. The van der Waals surface area contributed by atoms with Crippen LogP contribution in [0.25, 0.3) is 0 Å². The third-order valence-electron chi connectivity index (χ3n) is 3.33. The summed E-state index contributed by atoms with van der Waals surface area (Å²) < 4.78 is 58.8. The van der Waals surface area contributed by atoms with Crippen molar-refractivity contribution in [3.05, 3.63) is 22.7 Å². The van der Waals surface area contributed by atoms with Gasteiger partial charge in [-0.05, 0) is 6.07 Å². The maximum atomic E-state index is 14.7. The lowest BCUT2D eigenvalue weighted by molar-refractivity contribution is -0.338. The molecule has 1 aromatic heterocycles. The van der Waals surface area contributed by atoms with Crippen molar-refractivity contribution in [1.29, 1.82) is 0 Å². The number of anilines is 1. The minimum absolute atomic E-state index is 0.299. The Kier molecular flexibility index (Phi) is 3.68. The van der Waals surface area contributed by atoms with Crippen LogP contribution < -0.4 is 11.4 Å². The molecule has 0 saturated carbocycles. The van der Waals surface area contributed by atoms with Crippen LogP contribution >= 0.6 is 0 Å². The fourth-order valence-corrected chi connectivity index (χ4v) is 2.08. The summed E-state index contributed by atoms with van der Waals surface area (Å²) in [5, 5.41) is 27.9. The molecule has 0 aliphatic carbocycles. The van der Waals surface area contributed by atoms with Gasteiger partial charge in [-0.3, -0.25) is 0 Å². The van der Waals surface area contributed by atoms with Gasteiger partial charge in [0, 0.05) is 6.20 Å². The van der Waals surface area contributed by atoms with E-state index in [9.17, 15) is 32.6 Å². The second-order valence-electron chi connectivity index (χ2n) is 4.66. The van der Waals surface area contributed by atoms with E-state index in [0.717, 1.165) is 6.07 Å². The molecular weight excluding hydrogens is 318 g/mol. The largest absolute Gasteiger partial charge is 0.393 e. The first kappa shape index (κ1) is 16.6. The lowest BCUT2D eigenvalue weighted by atomic mass is 9.95. The van der Waals surface area contributed by atoms with E-state index in [0.29, 0.717) is 6.20 Å². The summed E-state index contributed by atoms with van der Waals surface area (Å²) in [5.74, 6) is -9.13. The van der Waals surface area contributed by atoms with Crippen LogP contribution in [0.1, 0.15) is 0 Å². The first-order chi connectivity index (χ1) is 10.0. The minimum Gasteiger partial charge on any atom is -0.393 e. The van der Waals surface area contributed by atoms with Gasteiger partial charge in [0.15, 0.2) is 11.7 Å². The summed E-state index contributed by atoms with van der Waals surface area (Å²) in [5.41, 5.74) is 0.0763. The molecule has 2 heterocycles. The normalized spacial score (nSPS) is 38.6. The highest BCUT2D eigenvalue weighted by atomic mass is 19.3. The van der Waals surface area contributed by atoms with Crippen LogP contribution in [0.5, 0.6) is 0 Å². The molecule has 0 spiro atoms. The zero-order chi connectivity index (χ0) is 16.9. The summed E-state index contributed by atoms with van der Waals surface area (Å²) in [4.78, 5) is 14.6. The Balaban J connectivity index is 2.66. The van der Waals surface area contributed by atoms with Crippen LogP contribution in [0.2, 0.25) is 0 Å². The van der Waals surface area contributed by atoms with Crippen molar-refractivity contribution in [2.45, 2.75) is 30.0 Å². The van der Waals surface area contributed by atoms with E-state index in [-0.39, 0.29) is 4.57 Å². The van der Waals surface area contributed by atoms with Crippen molar-refractivity contribution in [2.24, 2.45) is 0 Å². The quantitative estimate of drug-likeness (QED) is 0.494. The number of rotatable bonds is 3. The van der Waals surface area contributed by atoms with Gasteiger partial charge in [0.05, 0.1) is 6.61 Å². The Morgan fingerprint density at radius 1 is 1.50 bits per heavy atom. The Labute approximate surface area is 119 Å². The molecule has 1 aliphatic heterocycles. The van der Waals surface area contributed by atoms with Gasteiger partial charge in [0.1, 0.15) is 5.82 Å². The van der Waals surface area contributed by atoms with Gasteiger partial charge in [-0.15, -0.1) is 0 Å². The number of alkyl halides is 4. The molecule has 0 unspecified atom stereocenters. The lowest BCUT2D eigenvalue weighted by Crippen LogP contribution is -2.57. The van der Waals surface area contributed by atoms with E-state index in [1.165, 1.54) is 0 Å².